The molecule has 3 aromatic heterocycles. The normalized spacial score (nSPS) is 15.4. The first-order chi connectivity index (χ1) is 14.8. The van der Waals surface area contributed by atoms with Crippen LogP contribution >= 0.6 is 34.7 Å². The highest BCUT2D eigenvalue weighted by Gasteiger charge is 2.31. The lowest BCUT2D eigenvalue weighted by Crippen LogP contribution is -2.32. The van der Waals surface area contributed by atoms with Gasteiger partial charge in [0.25, 0.3) is 0 Å². The maximum atomic E-state index is 12.6. The maximum absolute atomic E-state index is 12.6. The minimum absolute atomic E-state index is 0.0415. The molecule has 158 valence electrons. The zero-order valence-electron chi connectivity index (χ0n) is 17.4. The zero-order chi connectivity index (χ0) is 21.8. The lowest BCUT2D eigenvalue weighted by Gasteiger charge is -2.32. The number of hydrogen-bond donors (Lipinski definition) is 0. The Morgan fingerprint density at radius 2 is 2.00 bits per heavy atom. The summed E-state index contributed by atoms with van der Waals surface area (Å²) >= 11 is 8.96. The fraction of sp³-hybridized carbons (Fsp3) is 0.304. The summed E-state index contributed by atoms with van der Waals surface area (Å²) in [4.78, 5) is 27.5. The molecule has 5 nitrogen and oxygen atoms in total. The average molecular weight is 470 g/mol. The molecule has 0 saturated heterocycles. The van der Waals surface area contributed by atoms with Crippen LogP contribution in [0.2, 0.25) is 5.02 Å². The Morgan fingerprint density at radius 1 is 1.23 bits per heavy atom. The molecule has 0 atom stereocenters. The van der Waals surface area contributed by atoms with Crippen molar-refractivity contribution in [1.29, 1.82) is 0 Å². The van der Waals surface area contributed by atoms with E-state index in [1.165, 1.54) is 17.3 Å². The van der Waals surface area contributed by atoms with E-state index in [-0.39, 0.29) is 11.4 Å². The summed E-state index contributed by atoms with van der Waals surface area (Å²) in [5.41, 5.74) is 4.78. The van der Waals surface area contributed by atoms with Gasteiger partial charge in [-0.3, -0.25) is 4.79 Å². The molecule has 0 saturated carbocycles. The predicted molar refractivity (Wildman–Crippen MR) is 127 cm³/mol. The molecule has 0 unspecified atom stereocenters. The van der Waals surface area contributed by atoms with E-state index in [9.17, 15) is 4.79 Å². The highest BCUT2D eigenvalue weighted by Crippen LogP contribution is 2.42. The van der Waals surface area contributed by atoms with Crippen LogP contribution in [0.5, 0.6) is 0 Å². The minimum Gasteiger partial charge on any atom is -0.370 e. The van der Waals surface area contributed by atoms with Crippen molar-refractivity contribution in [2.75, 3.05) is 5.75 Å². The molecular weight excluding hydrogens is 450 g/mol. The van der Waals surface area contributed by atoms with Gasteiger partial charge in [-0.05, 0) is 50.6 Å². The van der Waals surface area contributed by atoms with Crippen LogP contribution in [0.3, 0.4) is 0 Å². The standard InChI is InChI=1S/C23H20ClN3O2S2/c1-12-16-9-29-23(2,3)8-15(16)18-19-20(31-21(18)27-12)22(26-11-25-19)30-10-17(28)13-4-6-14(24)7-5-13/h4-7,11H,8-10H2,1-3H3. The van der Waals surface area contributed by atoms with Crippen LogP contribution in [-0.4, -0.2) is 32.1 Å². The summed E-state index contributed by atoms with van der Waals surface area (Å²) in [6.45, 7) is 6.84. The van der Waals surface area contributed by atoms with Crippen molar-refractivity contribution in [3.8, 4) is 0 Å². The number of aryl methyl sites for hydroxylation is 1. The van der Waals surface area contributed by atoms with E-state index < -0.39 is 0 Å². The van der Waals surface area contributed by atoms with Gasteiger partial charge in [0.05, 0.1) is 28.2 Å². The van der Waals surface area contributed by atoms with Crippen molar-refractivity contribution >= 4 is 60.9 Å². The van der Waals surface area contributed by atoms with Gasteiger partial charge >= 0.3 is 0 Å². The largest absolute Gasteiger partial charge is 0.370 e. The number of fused-ring (bicyclic) bond motifs is 5. The number of carbonyl (C=O) groups excluding carboxylic acids is 1. The number of pyridine rings is 1. The Bertz CT molecular complexity index is 1330. The Hall–Kier alpha value is -2.06. The number of hydrogen-bond acceptors (Lipinski definition) is 7. The molecule has 0 N–H and O–H groups in total. The summed E-state index contributed by atoms with van der Waals surface area (Å²) in [5.74, 6) is 0.341. The molecular formula is C23H20ClN3O2S2. The monoisotopic (exact) mass is 469 g/mol. The SMILES string of the molecule is Cc1nc2sc3c(SCC(=O)c4ccc(Cl)cc4)ncnc3c2c2c1COC(C)(C)C2. The molecule has 4 heterocycles. The first kappa shape index (κ1) is 20.8. The smallest absolute Gasteiger partial charge is 0.173 e. The number of carbonyl (C=O) groups is 1. The van der Waals surface area contributed by atoms with Crippen LogP contribution in [-0.2, 0) is 17.8 Å². The van der Waals surface area contributed by atoms with Gasteiger partial charge in [-0.2, -0.15) is 0 Å². The van der Waals surface area contributed by atoms with Gasteiger partial charge in [0, 0.05) is 33.7 Å². The third-order valence-corrected chi connectivity index (χ3v) is 7.96. The van der Waals surface area contributed by atoms with Crippen LogP contribution in [0.1, 0.15) is 41.0 Å². The molecule has 1 aliphatic rings. The van der Waals surface area contributed by atoms with E-state index in [0.29, 0.717) is 22.9 Å². The number of halogens is 1. The van der Waals surface area contributed by atoms with Gasteiger partial charge in [0.1, 0.15) is 16.2 Å². The van der Waals surface area contributed by atoms with Crippen molar-refractivity contribution in [1.82, 2.24) is 15.0 Å². The predicted octanol–water partition coefficient (Wildman–Crippen LogP) is 6.03. The van der Waals surface area contributed by atoms with Crippen molar-refractivity contribution in [2.24, 2.45) is 0 Å². The number of nitrogens with zero attached hydrogens (tertiary/aromatic N) is 3. The van der Waals surface area contributed by atoms with Gasteiger partial charge < -0.3 is 4.74 Å². The van der Waals surface area contributed by atoms with E-state index in [1.807, 2.05) is 6.92 Å². The Labute approximate surface area is 193 Å². The number of aromatic nitrogens is 3. The number of thioether (sulfide) groups is 1. The lowest BCUT2D eigenvalue weighted by molar-refractivity contribution is -0.0400. The van der Waals surface area contributed by atoms with Gasteiger partial charge in [-0.1, -0.05) is 23.4 Å². The van der Waals surface area contributed by atoms with Gasteiger partial charge in [-0.25, -0.2) is 15.0 Å². The van der Waals surface area contributed by atoms with Gasteiger partial charge in [0.2, 0.25) is 0 Å². The molecule has 0 amide bonds. The average Bonchev–Trinajstić information content (AvgIpc) is 3.10. The number of rotatable bonds is 4. The van der Waals surface area contributed by atoms with Crippen molar-refractivity contribution in [3.63, 3.8) is 0 Å². The van der Waals surface area contributed by atoms with E-state index in [2.05, 4.69) is 23.8 Å². The second kappa shape index (κ2) is 7.81. The van der Waals surface area contributed by atoms with E-state index >= 15 is 0 Å². The molecule has 31 heavy (non-hydrogen) atoms. The Morgan fingerprint density at radius 3 is 2.77 bits per heavy atom. The Balaban J connectivity index is 1.54. The van der Waals surface area contributed by atoms with Crippen LogP contribution < -0.4 is 0 Å². The molecule has 0 aliphatic carbocycles. The first-order valence-electron chi connectivity index (χ1n) is 9.93. The van der Waals surface area contributed by atoms with Crippen LogP contribution in [0.15, 0.2) is 35.6 Å². The first-order valence-corrected chi connectivity index (χ1v) is 12.1. The third-order valence-electron chi connectivity index (χ3n) is 5.51. The minimum atomic E-state index is -0.225. The molecule has 4 aromatic rings. The topological polar surface area (TPSA) is 65.0 Å². The third kappa shape index (κ3) is 3.84. The molecule has 0 radical (unpaired) electrons. The van der Waals surface area contributed by atoms with Crippen LogP contribution in [0, 0.1) is 6.92 Å². The summed E-state index contributed by atoms with van der Waals surface area (Å²) in [6, 6.07) is 6.97. The Kier molecular flexibility index (Phi) is 5.25. The number of thiophene rings is 1. The molecule has 1 aliphatic heterocycles. The lowest BCUT2D eigenvalue weighted by atomic mass is 9.89. The summed E-state index contributed by atoms with van der Waals surface area (Å²) in [5, 5.41) is 2.53. The fourth-order valence-corrected chi connectivity index (χ4v) is 6.20. The summed E-state index contributed by atoms with van der Waals surface area (Å²) < 4.78 is 7.01. The van der Waals surface area contributed by atoms with E-state index in [0.717, 1.165) is 43.1 Å². The molecule has 5 rings (SSSR count). The van der Waals surface area contributed by atoms with E-state index in [1.54, 1.807) is 41.9 Å². The zero-order valence-corrected chi connectivity index (χ0v) is 19.7. The summed E-state index contributed by atoms with van der Waals surface area (Å²) in [6.07, 6.45) is 2.40. The fourth-order valence-electron chi connectivity index (χ4n) is 3.90. The summed E-state index contributed by atoms with van der Waals surface area (Å²) in [7, 11) is 0. The molecule has 0 spiro atoms. The van der Waals surface area contributed by atoms with Gasteiger partial charge in [0.15, 0.2) is 5.78 Å². The number of benzene rings is 1. The van der Waals surface area contributed by atoms with Crippen LogP contribution in [0.25, 0.3) is 20.4 Å². The van der Waals surface area contributed by atoms with E-state index in [4.69, 9.17) is 21.3 Å². The second-order valence-corrected chi connectivity index (χ2v) is 10.6. The molecule has 8 heteroatoms. The van der Waals surface area contributed by atoms with Crippen molar-refractivity contribution in [2.45, 2.75) is 44.4 Å². The highest BCUT2D eigenvalue weighted by atomic mass is 35.5. The number of Topliss-reactive ketones (excluding diaryl/α,β-unsaturated/α-hetero) is 1. The van der Waals surface area contributed by atoms with Crippen molar-refractivity contribution in [3.05, 3.63) is 58.0 Å². The number of ether oxygens (including phenoxy) is 1. The van der Waals surface area contributed by atoms with Gasteiger partial charge in [-0.15, -0.1) is 11.3 Å². The highest BCUT2D eigenvalue weighted by molar-refractivity contribution is 8.00. The molecule has 1 aromatic carbocycles. The molecule has 0 fully saturated rings. The number of ketones is 1. The second-order valence-electron chi connectivity index (χ2n) is 8.24. The quantitative estimate of drug-likeness (QED) is 0.206. The molecule has 0 bridgehead atoms. The van der Waals surface area contributed by atoms with Crippen LogP contribution in [0.4, 0.5) is 0 Å². The maximum Gasteiger partial charge on any atom is 0.173 e. The van der Waals surface area contributed by atoms with Crippen molar-refractivity contribution < 1.29 is 9.53 Å².